The van der Waals surface area contributed by atoms with Crippen molar-refractivity contribution in [2.24, 2.45) is 0 Å². The van der Waals surface area contributed by atoms with E-state index in [0.29, 0.717) is 31.8 Å². The Morgan fingerprint density at radius 2 is 1.79 bits per heavy atom. The van der Waals surface area contributed by atoms with Crippen LogP contribution in [0.3, 0.4) is 0 Å². The molecule has 0 aromatic heterocycles. The Labute approximate surface area is 172 Å². The monoisotopic (exact) mass is 395 g/mol. The van der Waals surface area contributed by atoms with E-state index < -0.39 is 6.29 Å². The quantitative estimate of drug-likeness (QED) is 0.604. The van der Waals surface area contributed by atoms with Gasteiger partial charge in [-0.15, -0.1) is 0 Å². The number of ether oxygens (including phenoxy) is 2. The summed E-state index contributed by atoms with van der Waals surface area (Å²) in [5, 5.41) is 11.9. The first-order valence-electron chi connectivity index (χ1n) is 10.2. The summed E-state index contributed by atoms with van der Waals surface area (Å²) in [4.78, 5) is 12.7. The van der Waals surface area contributed by atoms with E-state index in [9.17, 15) is 4.79 Å². The van der Waals surface area contributed by atoms with Crippen molar-refractivity contribution in [2.45, 2.75) is 37.9 Å². The zero-order valence-electron chi connectivity index (χ0n) is 16.6. The lowest BCUT2D eigenvalue weighted by Crippen LogP contribution is -2.34. The van der Waals surface area contributed by atoms with Crippen LogP contribution in [0.1, 0.15) is 36.3 Å². The van der Waals surface area contributed by atoms with Crippen LogP contribution in [0.2, 0.25) is 0 Å². The highest BCUT2D eigenvalue weighted by molar-refractivity contribution is 5.91. The molecule has 1 heterocycles. The van der Waals surface area contributed by atoms with Crippen LogP contribution >= 0.6 is 0 Å². The lowest BCUT2D eigenvalue weighted by molar-refractivity contribution is -0.146. The fourth-order valence-corrected chi connectivity index (χ4v) is 3.33. The molecule has 0 saturated carbocycles. The first-order valence-corrected chi connectivity index (χ1v) is 10.2. The van der Waals surface area contributed by atoms with Gasteiger partial charge in [-0.3, -0.25) is 4.79 Å². The number of aliphatic hydroxyl groups excluding tert-OH is 1. The lowest BCUT2D eigenvalue weighted by atomic mass is 9.93. The largest absolute Gasteiger partial charge is 0.459 e. The van der Waals surface area contributed by atoms with Crippen molar-refractivity contribution in [3.8, 4) is 0 Å². The standard InChI is InChI=1S/C24H29NO4/c26-15-7-8-16-28-23-18-21(20-11-5-2-6-12-20)17-22(29-23)24(27)25-14-13-19-9-3-1-4-10-19/h1-6,9-12,17,21,23,26H,7-8,13-16,18H2,(H,25,27)/t21-,23+/m0/s1. The van der Waals surface area contributed by atoms with Crippen LogP contribution in [0.5, 0.6) is 0 Å². The Balaban J connectivity index is 1.61. The molecule has 0 radical (unpaired) electrons. The Bertz CT molecular complexity index is 776. The van der Waals surface area contributed by atoms with Crippen molar-refractivity contribution in [3.05, 3.63) is 83.6 Å². The highest BCUT2D eigenvalue weighted by atomic mass is 16.7. The molecule has 2 atom stereocenters. The molecule has 0 aliphatic carbocycles. The smallest absolute Gasteiger partial charge is 0.286 e. The summed E-state index contributed by atoms with van der Waals surface area (Å²) in [5.74, 6) is 0.151. The van der Waals surface area contributed by atoms with Crippen molar-refractivity contribution >= 4 is 5.91 Å². The molecule has 3 rings (SSSR count). The van der Waals surface area contributed by atoms with Gasteiger partial charge < -0.3 is 19.9 Å². The molecule has 5 heteroatoms. The molecule has 2 aromatic rings. The van der Waals surface area contributed by atoms with E-state index in [1.54, 1.807) is 0 Å². The maximum Gasteiger partial charge on any atom is 0.286 e. The molecule has 0 bridgehead atoms. The number of nitrogens with one attached hydrogen (secondary N) is 1. The van der Waals surface area contributed by atoms with Gasteiger partial charge in [0.15, 0.2) is 5.76 Å². The minimum atomic E-state index is -0.473. The normalized spacial score (nSPS) is 18.6. The van der Waals surface area contributed by atoms with E-state index in [1.165, 1.54) is 5.56 Å². The van der Waals surface area contributed by atoms with Gasteiger partial charge in [0.05, 0.1) is 6.61 Å². The second-order valence-electron chi connectivity index (χ2n) is 7.12. The van der Waals surface area contributed by atoms with Crippen molar-refractivity contribution in [1.29, 1.82) is 0 Å². The highest BCUT2D eigenvalue weighted by Crippen LogP contribution is 2.31. The topological polar surface area (TPSA) is 67.8 Å². The van der Waals surface area contributed by atoms with E-state index in [2.05, 4.69) is 17.4 Å². The predicted molar refractivity (Wildman–Crippen MR) is 112 cm³/mol. The second kappa shape index (κ2) is 11.4. The van der Waals surface area contributed by atoms with Crippen molar-refractivity contribution in [2.75, 3.05) is 19.8 Å². The minimum Gasteiger partial charge on any atom is -0.459 e. The molecule has 0 saturated heterocycles. The minimum absolute atomic E-state index is 0.0580. The van der Waals surface area contributed by atoms with Gasteiger partial charge in [-0.05, 0) is 36.5 Å². The van der Waals surface area contributed by atoms with E-state index in [-0.39, 0.29) is 18.4 Å². The van der Waals surface area contributed by atoms with Gasteiger partial charge in [0.2, 0.25) is 6.29 Å². The van der Waals surface area contributed by atoms with Gasteiger partial charge >= 0.3 is 0 Å². The number of hydrogen-bond donors (Lipinski definition) is 2. The van der Waals surface area contributed by atoms with Gasteiger partial charge in [-0.1, -0.05) is 60.7 Å². The number of carbonyl (C=O) groups excluding carboxylic acids is 1. The van der Waals surface area contributed by atoms with Gasteiger partial charge in [0.25, 0.3) is 5.91 Å². The molecule has 154 valence electrons. The third-order valence-corrected chi connectivity index (χ3v) is 4.91. The number of aliphatic hydroxyl groups is 1. The molecule has 2 N–H and O–H groups in total. The fourth-order valence-electron chi connectivity index (χ4n) is 3.33. The Kier molecular flexibility index (Phi) is 8.28. The number of amides is 1. The second-order valence-corrected chi connectivity index (χ2v) is 7.12. The lowest BCUT2D eigenvalue weighted by Gasteiger charge is -2.29. The number of unbranched alkanes of at least 4 members (excludes halogenated alkanes) is 1. The molecule has 29 heavy (non-hydrogen) atoms. The van der Waals surface area contributed by atoms with E-state index in [0.717, 1.165) is 18.4 Å². The Morgan fingerprint density at radius 3 is 2.52 bits per heavy atom. The van der Waals surface area contributed by atoms with Crippen LogP contribution in [0.25, 0.3) is 0 Å². The summed E-state index contributed by atoms with van der Waals surface area (Å²) < 4.78 is 11.7. The molecule has 1 amide bonds. The van der Waals surface area contributed by atoms with Gasteiger partial charge in [-0.25, -0.2) is 0 Å². The molecule has 5 nitrogen and oxygen atoms in total. The summed E-state index contributed by atoms with van der Waals surface area (Å²) in [6.45, 7) is 1.19. The zero-order chi connectivity index (χ0) is 20.3. The Morgan fingerprint density at radius 1 is 1.07 bits per heavy atom. The summed E-state index contributed by atoms with van der Waals surface area (Å²) in [7, 11) is 0. The molecule has 1 aliphatic heterocycles. The third kappa shape index (κ3) is 6.73. The average molecular weight is 395 g/mol. The molecular weight excluding hydrogens is 366 g/mol. The Hall–Kier alpha value is -2.63. The molecular formula is C24H29NO4. The van der Waals surface area contributed by atoms with Crippen LogP contribution in [0.4, 0.5) is 0 Å². The number of rotatable bonds is 10. The molecule has 0 unspecified atom stereocenters. The van der Waals surface area contributed by atoms with Crippen LogP contribution in [-0.4, -0.2) is 37.1 Å². The van der Waals surface area contributed by atoms with Crippen molar-refractivity contribution in [3.63, 3.8) is 0 Å². The first kappa shape index (κ1) is 21.1. The average Bonchev–Trinajstić information content (AvgIpc) is 2.78. The number of allylic oxidation sites excluding steroid dienone is 1. The van der Waals surface area contributed by atoms with E-state index >= 15 is 0 Å². The third-order valence-electron chi connectivity index (χ3n) is 4.91. The van der Waals surface area contributed by atoms with Crippen LogP contribution in [0, 0.1) is 0 Å². The zero-order valence-corrected chi connectivity index (χ0v) is 16.6. The molecule has 1 aliphatic rings. The number of hydrogen-bond acceptors (Lipinski definition) is 4. The van der Waals surface area contributed by atoms with Crippen LogP contribution in [0.15, 0.2) is 72.5 Å². The van der Waals surface area contributed by atoms with Crippen LogP contribution in [-0.2, 0) is 20.7 Å². The van der Waals surface area contributed by atoms with Crippen LogP contribution < -0.4 is 5.32 Å². The van der Waals surface area contributed by atoms with E-state index in [4.69, 9.17) is 14.6 Å². The highest BCUT2D eigenvalue weighted by Gasteiger charge is 2.28. The van der Waals surface area contributed by atoms with Crippen molar-refractivity contribution in [1.82, 2.24) is 5.32 Å². The first-order chi connectivity index (χ1) is 14.3. The molecule has 0 spiro atoms. The summed E-state index contributed by atoms with van der Waals surface area (Å²) >= 11 is 0. The van der Waals surface area contributed by atoms with Gasteiger partial charge in [0.1, 0.15) is 0 Å². The number of benzene rings is 2. The summed E-state index contributed by atoms with van der Waals surface area (Å²) in [6, 6.07) is 20.1. The molecule has 0 fully saturated rings. The van der Waals surface area contributed by atoms with Gasteiger partial charge in [-0.2, -0.15) is 0 Å². The fraction of sp³-hybridized carbons (Fsp3) is 0.375. The number of carbonyl (C=O) groups is 1. The van der Waals surface area contributed by atoms with Crippen molar-refractivity contribution < 1.29 is 19.4 Å². The summed E-state index contributed by atoms with van der Waals surface area (Å²) in [5.41, 5.74) is 2.31. The summed E-state index contributed by atoms with van der Waals surface area (Å²) in [6.07, 6.45) is 4.29. The maximum atomic E-state index is 12.7. The van der Waals surface area contributed by atoms with Gasteiger partial charge in [0, 0.05) is 25.5 Å². The SMILES string of the molecule is O=C(NCCc1ccccc1)C1=C[C@H](c2ccccc2)C[C@H](OCCCCO)O1. The predicted octanol–water partition coefficient (Wildman–Crippen LogP) is 3.55. The maximum absolute atomic E-state index is 12.7. The molecule has 2 aromatic carbocycles. The van der Waals surface area contributed by atoms with E-state index in [1.807, 2.05) is 54.6 Å².